The van der Waals surface area contributed by atoms with Gasteiger partial charge in [-0.3, -0.25) is 4.79 Å². The van der Waals surface area contributed by atoms with Crippen molar-refractivity contribution in [2.45, 2.75) is 25.9 Å². The van der Waals surface area contributed by atoms with Crippen LogP contribution in [0.5, 0.6) is 0 Å². The molecule has 1 rings (SSSR count). The minimum absolute atomic E-state index is 0.157. The first-order chi connectivity index (χ1) is 8.44. The molecule has 0 fully saturated rings. The van der Waals surface area contributed by atoms with Crippen LogP contribution in [0.25, 0.3) is 0 Å². The predicted molar refractivity (Wildman–Crippen MR) is 69.2 cm³/mol. The molecule has 18 heavy (non-hydrogen) atoms. The van der Waals surface area contributed by atoms with Crippen molar-refractivity contribution < 1.29 is 9.90 Å². The highest BCUT2D eigenvalue weighted by Gasteiger charge is 2.19. The molecule has 6 heteroatoms. The van der Waals surface area contributed by atoms with Crippen LogP contribution in [0.2, 0.25) is 0 Å². The smallest absolute Gasteiger partial charge is 0.239 e. The third-order valence-corrected chi connectivity index (χ3v) is 2.70. The van der Waals surface area contributed by atoms with Crippen LogP contribution >= 0.6 is 0 Å². The Balaban J connectivity index is 2.41. The molecule has 100 valence electrons. The molecule has 6 nitrogen and oxygen atoms in total. The molecular formula is C12H20N4O2. The summed E-state index contributed by atoms with van der Waals surface area (Å²) in [6.45, 7) is 3.96. The summed E-state index contributed by atoms with van der Waals surface area (Å²) in [6.07, 6.45) is 3.84. The Morgan fingerprint density at radius 3 is 2.67 bits per heavy atom. The molecule has 0 bridgehead atoms. The summed E-state index contributed by atoms with van der Waals surface area (Å²) in [6, 6.07) is 1.72. The summed E-state index contributed by atoms with van der Waals surface area (Å²) in [4.78, 5) is 21.4. The van der Waals surface area contributed by atoms with E-state index in [9.17, 15) is 9.90 Å². The van der Waals surface area contributed by atoms with Gasteiger partial charge in [-0.1, -0.05) is 6.92 Å². The molecule has 0 saturated heterocycles. The fourth-order valence-corrected chi connectivity index (χ4v) is 1.24. The van der Waals surface area contributed by atoms with Crippen molar-refractivity contribution in [3.8, 4) is 0 Å². The summed E-state index contributed by atoms with van der Waals surface area (Å²) in [5, 5.41) is 12.5. The maximum Gasteiger partial charge on any atom is 0.239 e. The number of nitrogens with zero attached hydrogens (tertiary/aromatic N) is 3. The molecule has 0 aliphatic carbocycles. The normalized spacial score (nSPS) is 13.8. The Kier molecular flexibility index (Phi) is 5.03. The van der Waals surface area contributed by atoms with Gasteiger partial charge in [-0.25, -0.2) is 9.97 Å². The van der Waals surface area contributed by atoms with Crippen LogP contribution in [0.15, 0.2) is 18.5 Å². The number of hydrogen-bond donors (Lipinski definition) is 2. The summed E-state index contributed by atoms with van der Waals surface area (Å²) in [7, 11) is 1.74. The van der Waals surface area contributed by atoms with E-state index in [1.807, 2.05) is 6.92 Å². The number of rotatable bonds is 6. The Bertz CT molecular complexity index is 381. The quantitative estimate of drug-likeness (QED) is 0.755. The summed E-state index contributed by atoms with van der Waals surface area (Å²) in [5.74, 6) is 0.327. The third kappa shape index (κ3) is 4.67. The van der Waals surface area contributed by atoms with E-state index in [0.29, 0.717) is 12.4 Å². The lowest BCUT2D eigenvalue weighted by Gasteiger charge is -2.22. The molecule has 0 spiro atoms. The number of aromatic nitrogens is 2. The highest BCUT2D eigenvalue weighted by molar-refractivity contribution is 5.80. The molecule has 0 radical (unpaired) electrons. The largest absolute Gasteiger partial charge is 0.388 e. The molecule has 1 aromatic heterocycles. The Labute approximate surface area is 107 Å². The van der Waals surface area contributed by atoms with E-state index >= 15 is 0 Å². The highest BCUT2D eigenvalue weighted by Crippen LogP contribution is 2.06. The van der Waals surface area contributed by atoms with E-state index in [0.717, 1.165) is 0 Å². The topological polar surface area (TPSA) is 78.4 Å². The van der Waals surface area contributed by atoms with Gasteiger partial charge in [-0.2, -0.15) is 0 Å². The van der Waals surface area contributed by atoms with E-state index in [1.165, 1.54) is 0 Å². The zero-order valence-electron chi connectivity index (χ0n) is 11.1. The van der Waals surface area contributed by atoms with Crippen molar-refractivity contribution in [2.75, 3.05) is 25.0 Å². The first-order valence-electron chi connectivity index (χ1n) is 5.92. The van der Waals surface area contributed by atoms with Crippen LogP contribution < -0.4 is 10.2 Å². The van der Waals surface area contributed by atoms with E-state index in [4.69, 9.17) is 0 Å². The maximum absolute atomic E-state index is 11.7. The number of nitrogens with one attached hydrogen (secondary N) is 1. The van der Waals surface area contributed by atoms with Gasteiger partial charge in [0.15, 0.2) is 0 Å². The van der Waals surface area contributed by atoms with Crippen molar-refractivity contribution >= 4 is 11.9 Å². The van der Waals surface area contributed by atoms with Gasteiger partial charge in [-0.15, -0.1) is 0 Å². The number of anilines is 1. The fourth-order valence-electron chi connectivity index (χ4n) is 1.24. The van der Waals surface area contributed by atoms with Crippen molar-refractivity contribution in [2.24, 2.45) is 0 Å². The molecular weight excluding hydrogens is 232 g/mol. The molecule has 0 aromatic carbocycles. The average molecular weight is 252 g/mol. The SMILES string of the molecule is CCC(C)(O)CNC(=O)CN(C)c1ncccn1. The molecule has 0 aliphatic rings. The summed E-state index contributed by atoms with van der Waals surface area (Å²) >= 11 is 0. The van der Waals surface area contributed by atoms with Crippen molar-refractivity contribution in [3.05, 3.63) is 18.5 Å². The average Bonchev–Trinajstić information content (AvgIpc) is 2.37. The molecule has 1 atom stereocenters. The lowest BCUT2D eigenvalue weighted by atomic mass is 10.0. The lowest BCUT2D eigenvalue weighted by molar-refractivity contribution is -0.120. The van der Waals surface area contributed by atoms with Crippen molar-refractivity contribution in [1.82, 2.24) is 15.3 Å². The Hall–Kier alpha value is -1.69. The van der Waals surface area contributed by atoms with Crippen molar-refractivity contribution in [1.29, 1.82) is 0 Å². The van der Waals surface area contributed by atoms with Gasteiger partial charge in [0.2, 0.25) is 11.9 Å². The van der Waals surface area contributed by atoms with Gasteiger partial charge in [0.25, 0.3) is 0 Å². The number of amides is 1. The second-order valence-corrected chi connectivity index (χ2v) is 4.53. The predicted octanol–water partition coefficient (Wildman–Crippen LogP) is 0.190. The highest BCUT2D eigenvalue weighted by atomic mass is 16.3. The minimum atomic E-state index is -0.864. The number of hydrogen-bond acceptors (Lipinski definition) is 5. The summed E-state index contributed by atoms with van der Waals surface area (Å²) < 4.78 is 0. The second-order valence-electron chi connectivity index (χ2n) is 4.53. The van der Waals surface area contributed by atoms with E-state index in [2.05, 4.69) is 15.3 Å². The van der Waals surface area contributed by atoms with Crippen LogP contribution in [-0.4, -0.2) is 46.7 Å². The number of aliphatic hydroxyl groups is 1. The van der Waals surface area contributed by atoms with Gasteiger partial charge >= 0.3 is 0 Å². The zero-order chi connectivity index (χ0) is 13.6. The first-order valence-corrected chi connectivity index (χ1v) is 5.92. The van der Waals surface area contributed by atoms with E-state index < -0.39 is 5.60 Å². The van der Waals surface area contributed by atoms with Crippen LogP contribution in [0.3, 0.4) is 0 Å². The lowest BCUT2D eigenvalue weighted by Crippen LogP contribution is -2.43. The Morgan fingerprint density at radius 2 is 2.11 bits per heavy atom. The standard InChI is InChI=1S/C12H20N4O2/c1-4-12(2,18)9-15-10(17)8-16(3)11-13-6-5-7-14-11/h5-7,18H,4,8-9H2,1-3H3,(H,15,17). The number of carbonyl (C=O) groups is 1. The zero-order valence-corrected chi connectivity index (χ0v) is 11.1. The first kappa shape index (κ1) is 14.4. The van der Waals surface area contributed by atoms with Gasteiger partial charge in [0.05, 0.1) is 12.1 Å². The Morgan fingerprint density at radius 1 is 1.50 bits per heavy atom. The van der Waals surface area contributed by atoms with Gasteiger partial charge in [-0.05, 0) is 19.4 Å². The molecule has 1 unspecified atom stereocenters. The van der Waals surface area contributed by atoms with Crippen molar-refractivity contribution in [3.63, 3.8) is 0 Å². The fraction of sp³-hybridized carbons (Fsp3) is 0.583. The monoisotopic (exact) mass is 252 g/mol. The molecule has 1 heterocycles. The van der Waals surface area contributed by atoms with Gasteiger partial charge < -0.3 is 15.3 Å². The molecule has 0 aliphatic heterocycles. The van der Waals surface area contributed by atoms with Crippen LogP contribution in [0.4, 0.5) is 5.95 Å². The van der Waals surface area contributed by atoms with Crippen LogP contribution in [0, 0.1) is 0 Å². The van der Waals surface area contributed by atoms with Gasteiger partial charge in [0.1, 0.15) is 0 Å². The summed E-state index contributed by atoms with van der Waals surface area (Å²) in [5.41, 5.74) is -0.864. The third-order valence-electron chi connectivity index (χ3n) is 2.70. The van der Waals surface area contributed by atoms with Gasteiger partial charge in [0, 0.05) is 26.0 Å². The maximum atomic E-state index is 11.7. The van der Waals surface area contributed by atoms with Crippen LogP contribution in [0.1, 0.15) is 20.3 Å². The number of likely N-dealkylation sites (N-methyl/N-ethyl adjacent to an activating group) is 1. The minimum Gasteiger partial charge on any atom is -0.388 e. The molecule has 0 saturated carbocycles. The molecule has 1 aromatic rings. The molecule has 2 N–H and O–H groups in total. The molecule has 1 amide bonds. The van der Waals surface area contributed by atoms with E-state index in [1.54, 1.807) is 37.3 Å². The number of carbonyl (C=O) groups excluding carboxylic acids is 1. The second kappa shape index (κ2) is 6.30. The van der Waals surface area contributed by atoms with Crippen LogP contribution in [-0.2, 0) is 4.79 Å². The van der Waals surface area contributed by atoms with E-state index in [-0.39, 0.29) is 19.0 Å².